The number of nitrogens with one attached hydrogen (secondary N) is 1. The van der Waals surface area contributed by atoms with E-state index in [1.807, 2.05) is 5.38 Å². The number of carbonyl (C=O) groups excluding carboxylic acids is 1. The van der Waals surface area contributed by atoms with Gasteiger partial charge in [-0.25, -0.2) is 9.78 Å². The van der Waals surface area contributed by atoms with Crippen LogP contribution < -0.4 is 5.32 Å². The predicted octanol–water partition coefficient (Wildman–Crippen LogP) is 3.52. The number of hydrogen-bond acceptors (Lipinski definition) is 6. The van der Waals surface area contributed by atoms with E-state index < -0.39 is 5.97 Å². The molecule has 0 atom stereocenters. The maximum absolute atomic E-state index is 12.3. The molecule has 2 heterocycles. The van der Waals surface area contributed by atoms with Gasteiger partial charge < -0.3 is 15.2 Å². The highest BCUT2D eigenvalue weighted by Crippen LogP contribution is 2.25. The van der Waals surface area contributed by atoms with Gasteiger partial charge >= 0.3 is 5.97 Å². The van der Waals surface area contributed by atoms with Crippen molar-refractivity contribution in [2.75, 3.05) is 31.6 Å². The number of ether oxygens (including phenoxy) is 1. The topological polar surface area (TPSA) is 91.8 Å². The first kappa shape index (κ1) is 21.2. The molecule has 3 aromatic rings. The van der Waals surface area contributed by atoms with E-state index in [-0.39, 0.29) is 17.9 Å². The molecule has 160 valence electrons. The van der Waals surface area contributed by atoms with Crippen LogP contribution in [-0.2, 0) is 22.5 Å². The molecule has 0 radical (unpaired) electrons. The van der Waals surface area contributed by atoms with Gasteiger partial charge in [0.25, 0.3) is 0 Å². The van der Waals surface area contributed by atoms with Crippen molar-refractivity contribution in [2.45, 2.75) is 13.0 Å². The number of carboxylic acid groups (broad SMARTS) is 1. The monoisotopic (exact) mass is 437 g/mol. The Morgan fingerprint density at radius 3 is 2.65 bits per heavy atom. The van der Waals surface area contributed by atoms with E-state index in [4.69, 9.17) is 9.84 Å². The van der Waals surface area contributed by atoms with Crippen LogP contribution in [0.15, 0.2) is 53.9 Å². The van der Waals surface area contributed by atoms with Crippen LogP contribution >= 0.6 is 11.3 Å². The van der Waals surface area contributed by atoms with Crippen molar-refractivity contribution in [1.29, 1.82) is 0 Å². The zero-order chi connectivity index (χ0) is 21.6. The molecular weight excluding hydrogens is 414 g/mol. The number of anilines is 1. The van der Waals surface area contributed by atoms with Crippen molar-refractivity contribution in [1.82, 2.24) is 9.88 Å². The zero-order valence-corrected chi connectivity index (χ0v) is 17.7. The average Bonchev–Trinajstić information content (AvgIpc) is 3.23. The molecule has 1 aliphatic heterocycles. The summed E-state index contributed by atoms with van der Waals surface area (Å²) in [5.41, 5.74) is 3.55. The van der Waals surface area contributed by atoms with Crippen molar-refractivity contribution in [3.05, 3.63) is 70.7 Å². The second kappa shape index (κ2) is 9.82. The molecule has 1 aromatic heterocycles. The summed E-state index contributed by atoms with van der Waals surface area (Å²) >= 11 is 1.50. The van der Waals surface area contributed by atoms with Crippen molar-refractivity contribution >= 4 is 28.9 Å². The minimum atomic E-state index is -1.03. The van der Waals surface area contributed by atoms with Gasteiger partial charge in [-0.3, -0.25) is 9.69 Å². The molecule has 1 amide bonds. The van der Waals surface area contributed by atoms with Crippen molar-refractivity contribution in [2.24, 2.45) is 0 Å². The van der Waals surface area contributed by atoms with Crippen molar-refractivity contribution < 1.29 is 19.4 Å². The molecule has 1 saturated heterocycles. The van der Waals surface area contributed by atoms with Gasteiger partial charge in [0.1, 0.15) is 5.01 Å². The van der Waals surface area contributed by atoms with E-state index in [9.17, 15) is 9.59 Å². The molecule has 0 aliphatic carbocycles. The van der Waals surface area contributed by atoms with E-state index in [1.165, 1.54) is 29.0 Å². The molecule has 2 aromatic carbocycles. The molecule has 4 rings (SSSR count). The number of benzene rings is 2. The maximum atomic E-state index is 12.3. The quantitative estimate of drug-likeness (QED) is 0.588. The SMILES string of the molecule is O=C(Cc1csc(-c2ccc(CN3CCOCC3)cc2)n1)Nc1cccc(C(=O)O)c1. The molecule has 0 spiro atoms. The summed E-state index contributed by atoms with van der Waals surface area (Å²) in [6.45, 7) is 4.41. The molecule has 1 aliphatic rings. The Bertz CT molecular complexity index is 1060. The molecule has 7 nitrogen and oxygen atoms in total. The van der Waals surface area contributed by atoms with Crippen LogP contribution in [0.3, 0.4) is 0 Å². The average molecular weight is 438 g/mol. The fraction of sp³-hybridized carbons (Fsp3) is 0.261. The standard InChI is InChI=1S/C23H23N3O4S/c27-21(24-19-3-1-2-18(12-19)23(28)29)13-20-15-31-22(25-20)17-6-4-16(5-7-17)14-26-8-10-30-11-9-26/h1-7,12,15H,8-11,13-14H2,(H,24,27)(H,28,29). The first-order chi connectivity index (χ1) is 15.1. The molecule has 8 heteroatoms. The highest BCUT2D eigenvalue weighted by atomic mass is 32.1. The summed E-state index contributed by atoms with van der Waals surface area (Å²) in [5, 5.41) is 14.5. The Kier molecular flexibility index (Phi) is 6.71. The summed E-state index contributed by atoms with van der Waals surface area (Å²) < 4.78 is 5.39. The smallest absolute Gasteiger partial charge is 0.335 e. The lowest BCUT2D eigenvalue weighted by atomic mass is 10.1. The highest BCUT2D eigenvalue weighted by molar-refractivity contribution is 7.13. The third-order valence-corrected chi connectivity index (χ3v) is 5.94. The van der Waals surface area contributed by atoms with Gasteiger partial charge in [0.15, 0.2) is 0 Å². The summed E-state index contributed by atoms with van der Waals surface area (Å²) in [7, 11) is 0. The predicted molar refractivity (Wildman–Crippen MR) is 119 cm³/mol. The Hall–Kier alpha value is -3.07. The lowest BCUT2D eigenvalue weighted by Crippen LogP contribution is -2.35. The van der Waals surface area contributed by atoms with E-state index in [2.05, 4.69) is 39.5 Å². The molecule has 0 unspecified atom stereocenters. The van der Waals surface area contributed by atoms with Gasteiger partial charge in [0.2, 0.25) is 5.91 Å². The first-order valence-corrected chi connectivity index (χ1v) is 10.9. The first-order valence-electron chi connectivity index (χ1n) is 10.0. The Labute approximate surface area is 184 Å². The lowest BCUT2D eigenvalue weighted by molar-refractivity contribution is -0.115. The number of hydrogen-bond donors (Lipinski definition) is 2. The zero-order valence-electron chi connectivity index (χ0n) is 16.9. The van der Waals surface area contributed by atoms with Gasteiger partial charge in [0.05, 0.1) is 30.9 Å². The van der Waals surface area contributed by atoms with Crippen LogP contribution in [0.25, 0.3) is 10.6 Å². The molecule has 0 saturated carbocycles. The van der Waals surface area contributed by atoms with Gasteiger partial charge in [-0.1, -0.05) is 30.3 Å². The van der Waals surface area contributed by atoms with E-state index >= 15 is 0 Å². The Balaban J connectivity index is 1.35. The number of carbonyl (C=O) groups is 2. The number of carboxylic acids is 1. The summed E-state index contributed by atoms with van der Waals surface area (Å²) in [6.07, 6.45) is 0.128. The normalized spacial score (nSPS) is 14.3. The molecular formula is C23H23N3O4S. The van der Waals surface area contributed by atoms with Crippen molar-refractivity contribution in [3.8, 4) is 10.6 Å². The number of amides is 1. The van der Waals surface area contributed by atoms with Gasteiger partial charge in [-0.05, 0) is 23.8 Å². The van der Waals surface area contributed by atoms with Crippen LogP contribution in [0.1, 0.15) is 21.6 Å². The largest absolute Gasteiger partial charge is 0.478 e. The molecule has 1 fully saturated rings. The third-order valence-electron chi connectivity index (χ3n) is 5.00. The number of nitrogens with zero attached hydrogens (tertiary/aromatic N) is 2. The van der Waals surface area contributed by atoms with E-state index in [0.29, 0.717) is 11.4 Å². The number of thiazole rings is 1. The van der Waals surface area contributed by atoms with Crippen molar-refractivity contribution in [3.63, 3.8) is 0 Å². The van der Waals surface area contributed by atoms with Crippen LogP contribution in [-0.4, -0.2) is 53.2 Å². The van der Waals surface area contributed by atoms with Crippen LogP contribution in [0, 0.1) is 0 Å². The second-order valence-electron chi connectivity index (χ2n) is 7.34. The fourth-order valence-electron chi connectivity index (χ4n) is 3.39. The summed E-state index contributed by atoms with van der Waals surface area (Å²) in [4.78, 5) is 30.4. The summed E-state index contributed by atoms with van der Waals surface area (Å²) in [6, 6.07) is 14.5. The second-order valence-corrected chi connectivity index (χ2v) is 8.20. The number of aromatic nitrogens is 1. The summed E-state index contributed by atoms with van der Waals surface area (Å²) in [5.74, 6) is -1.27. The van der Waals surface area contributed by atoms with E-state index in [1.54, 1.807) is 12.1 Å². The number of morpholine rings is 1. The van der Waals surface area contributed by atoms with E-state index in [0.717, 1.165) is 43.4 Å². The maximum Gasteiger partial charge on any atom is 0.335 e. The number of rotatable bonds is 7. The Morgan fingerprint density at radius 2 is 1.90 bits per heavy atom. The Morgan fingerprint density at radius 1 is 1.13 bits per heavy atom. The minimum Gasteiger partial charge on any atom is -0.478 e. The van der Waals surface area contributed by atoms with Crippen LogP contribution in [0.4, 0.5) is 5.69 Å². The van der Waals surface area contributed by atoms with Gasteiger partial charge in [-0.15, -0.1) is 11.3 Å². The molecule has 31 heavy (non-hydrogen) atoms. The third kappa shape index (κ3) is 5.75. The minimum absolute atomic E-state index is 0.128. The molecule has 2 N–H and O–H groups in total. The highest BCUT2D eigenvalue weighted by Gasteiger charge is 2.13. The molecule has 0 bridgehead atoms. The fourth-order valence-corrected chi connectivity index (χ4v) is 4.22. The van der Waals surface area contributed by atoms with Gasteiger partial charge in [0, 0.05) is 36.3 Å². The van der Waals surface area contributed by atoms with Crippen LogP contribution in [0.5, 0.6) is 0 Å². The van der Waals surface area contributed by atoms with Gasteiger partial charge in [-0.2, -0.15) is 0 Å². The lowest BCUT2D eigenvalue weighted by Gasteiger charge is -2.26. The van der Waals surface area contributed by atoms with Crippen LogP contribution in [0.2, 0.25) is 0 Å². The number of aromatic carboxylic acids is 1.